The zero-order valence-electron chi connectivity index (χ0n) is 15.1. The third kappa shape index (κ3) is 3.36. The Bertz CT molecular complexity index is 1260. The summed E-state index contributed by atoms with van der Waals surface area (Å²) in [5.41, 5.74) is 1.44. The van der Waals surface area contributed by atoms with Crippen LogP contribution >= 0.6 is 0 Å². The van der Waals surface area contributed by atoms with Crippen molar-refractivity contribution in [3.8, 4) is 11.4 Å². The first-order valence-corrected chi connectivity index (χ1v) is 8.89. The lowest BCUT2D eigenvalue weighted by molar-refractivity contribution is 0.385. The van der Waals surface area contributed by atoms with E-state index in [1.807, 2.05) is 6.92 Å². The lowest BCUT2D eigenvalue weighted by Gasteiger charge is -2.08. The first-order valence-electron chi connectivity index (χ1n) is 8.89. The SMILES string of the molecule is CCCn1c(=O)c(=O)[nH]c2cc(-c3noc(Cc4ccc(F)cc4)n3)ccc21. The van der Waals surface area contributed by atoms with Gasteiger partial charge >= 0.3 is 11.1 Å². The smallest absolute Gasteiger partial charge is 0.316 e. The summed E-state index contributed by atoms with van der Waals surface area (Å²) in [6.07, 6.45) is 1.12. The maximum absolute atomic E-state index is 13.0. The largest absolute Gasteiger partial charge is 0.339 e. The minimum Gasteiger partial charge on any atom is -0.339 e. The van der Waals surface area contributed by atoms with Crippen LogP contribution in [0.1, 0.15) is 24.8 Å². The molecule has 0 saturated heterocycles. The van der Waals surface area contributed by atoms with Crippen LogP contribution in [0.15, 0.2) is 56.6 Å². The molecule has 4 rings (SSSR count). The number of halogens is 1. The normalized spacial score (nSPS) is 11.2. The number of aromatic amines is 1. The van der Waals surface area contributed by atoms with Crippen LogP contribution in [0.2, 0.25) is 0 Å². The van der Waals surface area contributed by atoms with Gasteiger partial charge < -0.3 is 14.1 Å². The first-order chi connectivity index (χ1) is 13.5. The lowest BCUT2D eigenvalue weighted by Crippen LogP contribution is -2.36. The number of hydrogen-bond acceptors (Lipinski definition) is 5. The number of aromatic nitrogens is 4. The molecule has 0 atom stereocenters. The molecule has 0 aliphatic rings. The van der Waals surface area contributed by atoms with Crippen LogP contribution in [0.5, 0.6) is 0 Å². The average Bonchev–Trinajstić information content (AvgIpc) is 3.15. The van der Waals surface area contributed by atoms with Crippen molar-refractivity contribution in [2.24, 2.45) is 0 Å². The molecule has 0 radical (unpaired) electrons. The molecule has 7 nitrogen and oxygen atoms in total. The Morgan fingerprint density at radius 2 is 1.93 bits per heavy atom. The summed E-state index contributed by atoms with van der Waals surface area (Å²) in [5, 5.41) is 3.98. The number of fused-ring (bicyclic) bond motifs is 1. The Morgan fingerprint density at radius 1 is 1.14 bits per heavy atom. The molecule has 2 aromatic heterocycles. The van der Waals surface area contributed by atoms with Crippen molar-refractivity contribution in [2.75, 3.05) is 0 Å². The summed E-state index contributed by atoms with van der Waals surface area (Å²) in [7, 11) is 0. The predicted molar refractivity (Wildman–Crippen MR) is 102 cm³/mol. The fourth-order valence-electron chi connectivity index (χ4n) is 3.08. The first kappa shape index (κ1) is 17.8. The number of nitrogens with one attached hydrogen (secondary N) is 1. The minimum atomic E-state index is -0.664. The molecule has 0 fully saturated rings. The van der Waals surface area contributed by atoms with E-state index in [2.05, 4.69) is 15.1 Å². The van der Waals surface area contributed by atoms with Gasteiger partial charge in [0, 0.05) is 12.1 Å². The van der Waals surface area contributed by atoms with Crippen molar-refractivity contribution in [1.29, 1.82) is 0 Å². The predicted octanol–water partition coefficient (Wildman–Crippen LogP) is 2.88. The van der Waals surface area contributed by atoms with Gasteiger partial charge in [-0.1, -0.05) is 24.2 Å². The highest BCUT2D eigenvalue weighted by molar-refractivity contribution is 5.80. The van der Waals surface area contributed by atoms with E-state index in [-0.39, 0.29) is 5.82 Å². The van der Waals surface area contributed by atoms with Gasteiger partial charge in [-0.15, -0.1) is 0 Å². The summed E-state index contributed by atoms with van der Waals surface area (Å²) in [4.78, 5) is 31.0. The molecule has 0 spiro atoms. The van der Waals surface area contributed by atoms with Gasteiger partial charge in [0.2, 0.25) is 11.7 Å². The van der Waals surface area contributed by atoms with Crippen LogP contribution in [0.25, 0.3) is 22.4 Å². The maximum Gasteiger partial charge on any atom is 0.316 e. The van der Waals surface area contributed by atoms with Gasteiger partial charge in [0.1, 0.15) is 5.82 Å². The fraction of sp³-hybridized carbons (Fsp3) is 0.200. The Kier molecular flexibility index (Phi) is 4.60. The maximum atomic E-state index is 13.0. The topological polar surface area (TPSA) is 93.8 Å². The standard InChI is InChI=1S/C20H17FN4O3/c1-2-9-25-16-8-5-13(11-15(16)22-19(26)20(25)27)18-23-17(28-24-18)10-12-3-6-14(21)7-4-12/h3-8,11H,2,9-10H2,1H3,(H,22,26). The monoisotopic (exact) mass is 380 g/mol. The number of benzene rings is 2. The summed E-state index contributed by atoms with van der Waals surface area (Å²) in [6.45, 7) is 2.40. The van der Waals surface area contributed by atoms with Crippen LogP contribution < -0.4 is 11.1 Å². The van der Waals surface area contributed by atoms with E-state index >= 15 is 0 Å². The van der Waals surface area contributed by atoms with E-state index < -0.39 is 11.1 Å². The highest BCUT2D eigenvalue weighted by Gasteiger charge is 2.13. The van der Waals surface area contributed by atoms with Crippen molar-refractivity contribution in [3.63, 3.8) is 0 Å². The van der Waals surface area contributed by atoms with E-state index in [1.165, 1.54) is 16.7 Å². The second-order valence-electron chi connectivity index (χ2n) is 6.46. The summed E-state index contributed by atoms with van der Waals surface area (Å²) >= 11 is 0. The van der Waals surface area contributed by atoms with Gasteiger partial charge in [-0.05, 0) is 42.3 Å². The van der Waals surface area contributed by atoms with E-state index in [1.54, 1.807) is 30.3 Å². The molecular formula is C20H17FN4O3. The molecule has 0 saturated carbocycles. The molecule has 0 amide bonds. The van der Waals surface area contributed by atoms with E-state index in [9.17, 15) is 14.0 Å². The average molecular weight is 380 g/mol. The van der Waals surface area contributed by atoms with Gasteiger partial charge in [0.15, 0.2) is 0 Å². The molecule has 142 valence electrons. The second kappa shape index (κ2) is 7.22. The summed E-state index contributed by atoms with van der Waals surface area (Å²) in [6, 6.07) is 11.3. The third-order valence-corrected chi connectivity index (χ3v) is 4.42. The Balaban J connectivity index is 1.69. The highest BCUT2D eigenvalue weighted by atomic mass is 19.1. The molecule has 8 heteroatoms. The zero-order valence-corrected chi connectivity index (χ0v) is 15.1. The third-order valence-electron chi connectivity index (χ3n) is 4.42. The van der Waals surface area contributed by atoms with Crippen molar-refractivity contribution < 1.29 is 8.91 Å². The van der Waals surface area contributed by atoms with E-state index in [0.29, 0.717) is 41.3 Å². The number of hydrogen-bond donors (Lipinski definition) is 1. The minimum absolute atomic E-state index is 0.304. The fourth-order valence-corrected chi connectivity index (χ4v) is 3.08. The van der Waals surface area contributed by atoms with Crippen LogP contribution in [0.4, 0.5) is 4.39 Å². The van der Waals surface area contributed by atoms with Crippen LogP contribution in [0, 0.1) is 5.82 Å². The molecule has 0 unspecified atom stereocenters. The highest BCUT2D eigenvalue weighted by Crippen LogP contribution is 2.21. The molecule has 28 heavy (non-hydrogen) atoms. The van der Waals surface area contributed by atoms with Gasteiger partial charge in [-0.2, -0.15) is 4.98 Å². The molecular weight excluding hydrogens is 363 g/mol. The van der Waals surface area contributed by atoms with Crippen molar-refractivity contribution in [1.82, 2.24) is 19.7 Å². The van der Waals surface area contributed by atoms with Gasteiger partial charge in [0.25, 0.3) is 0 Å². The van der Waals surface area contributed by atoms with Crippen LogP contribution in [-0.2, 0) is 13.0 Å². The molecule has 2 heterocycles. The van der Waals surface area contributed by atoms with Crippen molar-refractivity contribution >= 4 is 11.0 Å². The molecule has 2 aromatic carbocycles. The van der Waals surface area contributed by atoms with E-state index in [0.717, 1.165) is 12.0 Å². The van der Waals surface area contributed by atoms with Crippen LogP contribution in [0.3, 0.4) is 0 Å². The molecule has 1 N–H and O–H groups in total. The van der Waals surface area contributed by atoms with Gasteiger partial charge in [-0.3, -0.25) is 9.59 Å². The molecule has 4 aromatic rings. The second-order valence-corrected chi connectivity index (χ2v) is 6.46. The van der Waals surface area contributed by atoms with Gasteiger partial charge in [0.05, 0.1) is 17.5 Å². The Morgan fingerprint density at radius 3 is 2.68 bits per heavy atom. The van der Waals surface area contributed by atoms with Crippen molar-refractivity contribution in [3.05, 3.63) is 80.4 Å². The van der Waals surface area contributed by atoms with Gasteiger partial charge in [-0.25, -0.2) is 4.39 Å². The summed E-state index contributed by atoms with van der Waals surface area (Å²) in [5.74, 6) is 0.459. The number of rotatable bonds is 5. The van der Waals surface area contributed by atoms with E-state index in [4.69, 9.17) is 4.52 Å². The summed E-state index contributed by atoms with van der Waals surface area (Å²) < 4.78 is 19.8. The molecule has 0 bridgehead atoms. The molecule has 0 aliphatic carbocycles. The number of nitrogens with zero attached hydrogens (tertiary/aromatic N) is 3. The van der Waals surface area contributed by atoms with Crippen LogP contribution in [-0.4, -0.2) is 19.7 Å². The number of H-pyrrole nitrogens is 1. The Labute approximate surface area is 158 Å². The Hall–Kier alpha value is -3.55. The molecule has 0 aliphatic heterocycles. The van der Waals surface area contributed by atoms with Crippen molar-refractivity contribution in [2.45, 2.75) is 26.3 Å². The quantitative estimate of drug-likeness (QED) is 0.537. The lowest BCUT2D eigenvalue weighted by atomic mass is 10.1. The number of aryl methyl sites for hydroxylation is 1. The zero-order chi connectivity index (χ0) is 19.7.